The number of rotatable bonds is 5. The third-order valence-electron chi connectivity index (χ3n) is 2.20. The third-order valence-corrected chi connectivity index (χ3v) is 2.20. The summed E-state index contributed by atoms with van der Waals surface area (Å²) in [4.78, 5) is 25.9. The van der Waals surface area contributed by atoms with E-state index in [1.54, 1.807) is 6.92 Å². The van der Waals surface area contributed by atoms with E-state index in [1.165, 1.54) is 12.3 Å². The van der Waals surface area contributed by atoms with Gasteiger partial charge in [0.25, 0.3) is 5.91 Å². The molecule has 1 heterocycles. The maximum Gasteiger partial charge on any atom is 0.326 e. The number of carbonyl (C=O) groups excluding carboxylic acids is 1. The van der Waals surface area contributed by atoms with Gasteiger partial charge < -0.3 is 10.4 Å². The minimum atomic E-state index is -1.13. The summed E-state index contributed by atoms with van der Waals surface area (Å²) >= 11 is 0. The zero-order chi connectivity index (χ0) is 12.8. The number of hydrogen-bond acceptors (Lipinski definition) is 3. The number of carboxylic acids is 1. The number of nitrogens with zero attached hydrogens (tertiary/aromatic N) is 1. The first kappa shape index (κ1) is 13.1. The predicted molar refractivity (Wildman–Crippen MR) is 58.0 cm³/mol. The third kappa shape index (κ3) is 3.51. The van der Waals surface area contributed by atoms with Gasteiger partial charge in [0, 0.05) is 6.20 Å². The molecule has 0 aliphatic carbocycles. The van der Waals surface area contributed by atoms with Gasteiger partial charge in [0.2, 0.25) is 0 Å². The SMILES string of the molecule is CCC[C@@H](NC(=O)c1ccncc1F)C(=O)O. The molecule has 0 saturated heterocycles. The molecule has 1 amide bonds. The van der Waals surface area contributed by atoms with Gasteiger partial charge in [0.1, 0.15) is 6.04 Å². The molecule has 0 unspecified atom stereocenters. The van der Waals surface area contributed by atoms with Gasteiger partial charge in [0.05, 0.1) is 11.8 Å². The van der Waals surface area contributed by atoms with Gasteiger partial charge in [-0.3, -0.25) is 9.78 Å². The highest BCUT2D eigenvalue weighted by molar-refractivity contribution is 5.96. The number of aromatic nitrogens is 1. The summed E-state index contributed by atoms with van der Waals surface area (Å²) in [5.74, 6) is -2.65. The van der Waals surface area contributed by atoms with E-state index in [0.717, 1.165) is 6.20 Å². The molecule has 0 bridgehead atoms. The molecule has 17 heavy (non-hydrogen) atoms. The summed E-state index contributed by atoms with van der Waals surface area (Å²) in [6.45, 7) is 1.80. The fourth-order valence-electron chi connectivity index (χ4n) is 1.34. The zero-order valence-electron chi connectivity index (χ0n) is 9.31. The number of halogens is 1. The largest absolute Gasteiger partial charge is 0.480 e. The highest BCUT2D eigenvalue weighted by atomic mass is 19.1. The maximum atomic E-state index is 13.2. The van der Waals surface area contributed by atoms with Crippen LogP contribution in [0.25, 0.3) is 0 Å². The lowest BCUT2D eigenvalue weighted by Gasteiger charge is -2.13. The van der Waals surface area contributed by atoms with Crippen LogP contribution in [0.5, 0.6) is 0 Å². The lowest BCUT2D eigenvalue weighted by molar-refractivity contribution is -0.139. The normalized spacial score (nSPS) is 11.9. The molecule has 6 heteroatoms. The first-order valence-corrected chi connectivity index (χ1v) is 5.19. The van der Waals surface area contributed by atoms with Crippen LogP contribution in [0.1, 0.15) is 30.1 Å². The Morgan fingerprint density at radius 3 is 2.82 bits per heavy atom. The summed E-state index contributed by atoms with van der Waals surface area (Å²) < 4.78 is 13.2. The maximum absolute atomic E-state index is 13.2. The molecule has 0 aliphatic rings. The molecule has 0 aliphatic heterocycles. The Morgan fingerprint density at radius 1 is 1.59 bits per heavy atom. The van der Waals surface area contributed by atoms with Gasteiger partial charge in [0.15, 0.2) is 5.82 Å². The Bertz CT molecular complexity index is 423. The predicted octanol–water partition coefficient (Wildman–Crippen LogP) is 1.20. The second-order valence-corrected chi connectivity index (χ2v) is 3.51. The van der Waals surface area contributed by atoms with E-state index in [0.29, 0.717) is 12.8 Å². The minimum Gasteiger partial charge on any atom is -0.480 e. The van der Waals surface area contributed by atoms with Crippen molar-refractivity contribution < 1.29 is 19.1 Å². The van der Waals surface area contributed by atoms with E-state index >= 15 is 0 Å². The fourth-order valence-corrected chi connectivity index (χ4v) is 1.34. The van der Waals surface area contributed by atoms with Gasteiger partial charge in [-0.2, -0.15) is 0 Å². The standard InChI is InChI=1S/C11H13FN2O3/c1-2-3-9(11(16)17)14-10(15)7-4-5-13-6-8(7)12/h4-6,9H,2-3H2,1H3,(H,14,15)(H,16,17)/t9-/m1/s1. The van der Waals surface area contributed by atoms with E-state index in [-0.39, 0.29) is 5.56 Å². The number of amides is 1. The van der Waals surface area contributed by atoms with Crippen LogP contribution in [0.4, 0.5) is 4.39 Å². The average molecular weight is 240 g/mol. The van der Waals surface area contributed by atoms with Gasteiger partial charge in [-0.25, -0.2) is 9.18 Å². The first-order chi connectivity index (χ1) is 8.06. The highest BCUT2D eigenvalue weighted by Crippen LogP contribution is 2.06. The van der Waals surface area contributed by atoms with Crippen LogP contribution >= 0.6 is 0 Å². The van der Waals surface area contributed by atoms with E-state index in [2.05, 4.69) is 10.3 Å². The Labute approximate surface area is 97.7 Å². The number of hydrogen-bond donors (Lipinski definition) is 2. The van der Waals surface area contributed by atoms with Gasteiger partial charge >= 0.3 is 5.97 Å². The van der Waals surface area contributed by atoms with Gasteiger partial charge in [-0.05, 0) is 12.5 Å². The molecule has 0 spiro atoms. The summed E-state index contributed by atoms with van der Waals surface area (Å²) in [5.41, 5.74) is -0.206. The van der Waals surface area contributed by atoms with Crippen LogP contribution < -0.4 is 5.32 Å². The van der Waals surface area contributed by atoms with Crippen LogP contribution in [0, 0.1) is 5.82 Å². The van der Waals surface area contributed by atoms with Crippen molar-refractivity contribution in [3.8, 4) is 0 Å². The van der Waals surface area contributed by atoms with E-state index in [4.69, 9.17) is 5.11 Å². The zero-order valence-corrected chi connectivity index (χ0v) is 9.31. The van der Waals surface area contributed by atoms with Crippen LogP contribution in [0.15, 0.2) is 18.5 Å². The second-order valence-electron chi connectivity index (χ2n) is 3.51. The van der Waals surface area contributed by atoms with Crippen molar-refractivity contribution in [2.24, 2.45) is 0 Å². The number of carboxylic acid groups (broad SMARTS) is 1. The lowest BCUT2D eigenvalue weighted by atomic mass is 10.1. The molecular weight excluding hydrogens is 227 g/mol. The molecule has 1 aromatic rings. The second kappa shape index (κ2) is 5.93. The molecule has 5 nitrogen and oxygen atoms in total. The Kier molecular flexibility index (Phi) is 4.56. The smallest absolute Gasteiger partial charge is 0.326 e. The number of carbonyl (C=O) groups is 2. The molecule has 0 fully saturated rings. The van der Waals surface area contributed by atoms with E-state index in [1.807, 2.05) is 0 Å². The molecule has 92 valence electrons. The van der Waals surface area contributed by atoms with Crippen LogP contribution in [0.3, 0.4) is 0 Å². The number of nitrogens with one attached hydrogen (secondary N) is 1. The summed E-state index contributed by atoms with van der Waals surface area (Å²) in [6.07, 6.45) is 3.09. The quantitative estimate of drug-likeness (QED) is 0.810. The number of pyridine rings is 1. The van der Waals surface area contributed by atoms with Crippen molar-refractivity contribution in [3.63, 3.8) is 0 Å². The summed E-state index contributed by atoms with van der Waals surface area (Å²) in [6, 6.07) is 0.204. The molecule has 2 N–H and O–H groups in total. The topological polar surface area (TPSA) is 79.3 Å². The van der Waals surface area contributed by atoms with Crippen molar-refractivity contribution in [2.45, 2.75) is 25.8 Å². The van der Waals surface area contributed by atoms with Crippen molar-refractivity contribution in [3.05, 3.63) is 29.8 Å². The van der Waals surface area contributed by atoms with Crippen LogP contribution in [-0.4, -0.2) is 28.0 Å². The first-order valence-electron chi connectivity index (χ1n) is 5.19. The molecule has 1 rings (SSSR count). The fraction of sp³-hybridized carbons (Fsp3) is 0.364. The van der Waals surface area contributed by atoms with E-state index < -0.39 is 23.7 Å². The van der Waals surface area contributed by atoms with Crippen LogP contribution in [0.2, 0.25) is 0 Å². The highest BCUT2D eigenvalue weighted by Gasteiger charge is 2.21. The monoisotopic (exact) mass is 240 g/mol. The lowest BCUT2D eigenvalue weighted by Crippen LogP contribution is -2.40. The van der Waals surface area contributed by atoms with Gasteiger partial charge in [-0.1, -0.05) is 13.3 Å². The van der Waals surface area contributed by atoms with Crippen LogP contribution in [-0.2, 0) is 4.79 Å². The molecule has 0 aromatic carbocycles. The Hall–Kier alpha value is -1.98. The molecule has 0 radical (unpaired) electrons. The molecular formula is C11H13FN2O3. The van der Waals surface area contributed by atoms with Crippen molar-refractivity contribution in [1.82, 2.24) is 10.3 Å². The van der Waals surface area contributed by atoms with Crippen molar-refractivity contribution >= 4 is 11.9 Å². The molecule has 1 atom stereocenters. The number of aliphatic carboxylic acids is 1. The Morgan fingerprint density at radius 2 is 2.29 bits per heavy atom. The summed E-state index contributed by atoms with van der Waals surface area (Å²) in [5, 5.41) is 11.1. The Balaban J connectivity index is 2.77. The summed E-state index contributed by atoms with van der Waals surface area (Å²) in [7, 11) is 0. The minimum absolute atomic E-state index is 0.206. The molecule has 0 saturated carbocycles. The van der Waals surface area contributed by atoms with E-state index in [9.17, 15) is 14.0 Å². The van der Waals surface area contributed by atoms with Crippen molar-refractivity contribution in [2.75, 3.05) is 0 Å². The van der Waals surface area contributed by atoms with Gasteiger partial charge in [-0.15, -0.1) is 0 Å². The van der Waals surface area contributed by atoms with Crippen molar-refractivity contribution in [1.29, 1.82) is 0 Å². The average Bonchev–Trinajstić information content (AvgIpc) is 2.28. The molecule has 1 aromatic heterocycles.